The SMILES string of the molecule is CC1=CCCC=C1C(=O)c1cc(OCC(=O)O)ccc1C. The fraction of sp³-hybridized carbons (Fsp3) is 0.294. The molecule has 1 aromatic carbocycles. The molecule has 0 aliphatic heterocycles. The molecule has 21 heavy (non-hydrogen) atoms. The summed E-state index contributed by atoms with van der Waals surface area (Å²) in [7, 11) is 0. The normalized spacial score (nSPS) is 14.2. The molecule has 0 amide bonds. The van der Waals surface area contributed by atoms with E-state index in [1.807, 2.05) is 19.9 Å². The number of ether oxygens (including phenoxy) is 1. The van der Waals surface area contributed by atoms with Gasteiger partial charge in [0.15, 0.2) is 12.4 Å². The van der Waals surface area contributed by atoms with Crippen molar-refractivity contribution >= 4 is 11.8 Å². The van der Waals surface area contributed by atoms with Crippen LogP contribution in [0.15, 0.2) is 41.5 Å². The molecule has 0 radical (unpaired) electrons. The highest BCUT2D eigenvalue weighted by atomic mass is 16.5. The molecule has 2 rings (SSSR count). The van der Waals surface area contributed by atoms with Crippen LogP contribution in [0.2, 0.25) is 0 Å². The van der Waals surface area contributed by atoms with Crippen LogP contribution >= 0.6 is 0 Å². The lowest BCUT2D eigenvalue weighted by atomic mass is 9.90. The summed E-state index contributed by atoms with van der Waals surface area (Å²) in [6.45, 7) is 3.37. The van der Waals surface area contributed by atoms with Gasteiger partial charge in [-0.05, 0) is 50.0 Å². The lowest BCUT2D eigenvalue weighted by Gasteiger charge is -2.14. The van der Waals surface area contributed by atoms with E-state index in [0.717, 1.165) is 29.6 Å². The van der Waals surface area contributed by atoms with Crippen molar-refractivity contribution in [2.75, 3.05) is 6.61 Å². The number of carboxylic acids is 1. The second kappa shape index (κ2) is 6.39. The van der Waals surface area contributed by atoms with Gasteiger partial charge in [-0.25, -0.2) is 4.79 Å². The molecule has 4 heteroatoms. The fourth-order valence-corrected chi connectivity index (χ4v) is 2.30. The molecule has 1 aliphatic rings. The van der Waals surface area contributed by atoms with Crippen molar-refractivity contribution in [2.45, 2.75) is 26.7 Å². The molecule has 1 aromatic rings. The topological polar surface area (TPSA) is 63.6 Å². The Morgan fingerprint density at radius 3 is 2.57 bits per heavy atom. The number of Topliss-reactive ketones (excluding diaryl/α,β-unsaturated/α-hetero) is 1. The molecule has 1 aliphatic carbocycles. The van der Waals surface area contributed by atoms with Gasteiger partial charge in [0.1, 0.15) is 5.75 Å². The summed E-state index contributed by atoms with van der Waals surface area (Å²) in [6.07, 6.45) is 5.85. The molecule has 0 saturated heterocycles. The Hall–Kier alpha value is -2.36. The van der Waals surface area contributed by atoms with Gasteiger partial charge < -0.3 is 9.84 Å². The molecule has 4 nitrogen and oxygen atoms in total. The minimum atomic E-state index is -1.04. The average molecular weight is 286 g/mol. The third-order valence-corrected chi connectivity index (χ3v) is 3.45. The Bertz CT molecular complexity index is 638. The summed E-state index contributed by atoms with van der Waals surface area (Å²) in [5.74, 6) is -0.691. The predicted octanol–water partition coefficient (Wildman–Crippen LogP) is 3.31. The molecule has 1 N–H and O–H groups in total. The van der Waals surface area contributed by atoms with E-state index in [-0.39, 0.29) is 5.78 Å². The number of allylic oxidation sites excluding steroid dienone is 4. The number of aliphatic carboxylic acids is 1. The Morgan fingerprint density at radius 1 is 1.19 bits per heavy atom. The molecule has 0 aromatic heterocycles. The molecule has 110 valence electrons. The van der Waals surface area contributed by atoms with Crippen LogP contribution in [0, 0.1) is 6.92 Å². The van der Waals surface area contributed by atoms with Crippen LogP contribution in [0.4, 0.5) is 0 Å². The molecule has 0 atom stereocenters. The molecule has 0 bridgehead atoms. The number of carbonyl (C=O) groups is 2. The standard InChI is InChI=1S/C17H18O4/c1-11-5-3-4-6-14(11)17(20)15-9-13(8-7-12(15)2)21-10-16(18)19/h5-9H,3-4,10H2,1-2H3,(H,18,19). The first kappa shape index (κ1) is 15.0. The Morgan fingerprint density at radius 2 is 1.90 bits per heavy atom. The summed E-state index contributed by atoms with van der Waals surface area (Å²) in [4.78, 5) is 23.2. The maximum atomic E-state index is 12.6. The summed E-state index contributed by atoms with van der Waals surface area (Å²) >= 11 is 0. The number of ketones is 1. The number of hydrogen-bond acceptors (Lipinski definition) is 3. The quantitative estimate of drug-likeness (QED) is 0.843. The molecular formula is C17H18O4. The van der Waals surface area contributed by atoms with Crippen molar-refractivity contribution in [1.29, 1.82) is 0 Å². The van der Waals surface area contributed by atoms with Crippen LogP contribution in [-0.4, -0.2) is 23.5 Å². The van der Waals surface area contributed by atoms with E-state index in [1.54, 1.807) is 18.2 Å². The van der Waals surface area contributed by atoms with Crippen molar-refractivity contribution in [2.24, 2.45) is 0 Å². The number of aryl methyl sites for hydroxylation is 1. The first-order valence-corrected chi connectivity index (χ1v) is 6.86. The van der Waals surface area contributed by atoms with E-state index >= 15 is 0 Å². The molecule has 0 spiro atoms. The largest absolute Gasteiger partial charge is 0.482 e. The van der Waals surface area contributed by atoms with E-state index in [1.165, 1.54) is 0 Å². The van der Waals surface area contributed by atoms with Gasteiger partial charge in [0.2, 0.25) is 0 Å². The van der Waals surface area contributed by atoms with Crippen molar-refractivity contribution < 1.29 is 19.4 Å². The zero-order chi connectivity index (χ0) is 15.4. The number of carboxylic acid groups (broad SMARTS) is 1. The minimum Gasteiger partial charge on any atom is -0.482 e. The Kier molecular flexibility index (Phi) is 4.58. The summed E-state index contributed by atoms with van der Waals surface area (Å²) < 4.78 is 5.14. The van der Waals surface area contributed by atoms with Crippen LogP contribution < -0.4 is 4.74 Å². The first-order valence-electron chi connectivity index (χ1n) is 6.86. The number of benzene rings is 1. The van der Waals surface area contributed by atoms with Gasteiger partial charge in [-0.1, -0.05) is 18.2 Å². The second-order valence-corrected chi connectivity index (χ2v) is 5.07. The van der Waals surface area contributed by atoms with E-state index < -0.39 is 12.6 Å². The highest BCUT2D eigenvalue weighted by Crippen LogP contribution is 2.26. The monoisotopic (exact) mass is 286 g/mol. The van der Waals surface area contributed by atoms with Gasteiger partial charge in [-0.3, -0.25) is 4.79 Å². The van der Waals surface area contributed by atoms with Crippen molar-refractivity contribution in [3.05, 3.63) is 52.6 Å². The third kappa shape index (κ3) is 3.60. The minimum absolute atomic E-state index is 0.0401. The predicted molar refractivity (Wildman–Crippen MR) is 79.7 cm³/mol. The highest BCUT2D eigenvalue weighted by Gasteiger charge is 2.18. The van der Waals surface area contributed by atoms with E-state index in [4.69, 9.17) is 9.84 Å². The van der Waals surface area contributed by atoms with Crippen molar-refractivity contribution in [3.8, 4) is 5.75 Å². The lowest BCUT2D eigenvalue weighted by Crippen LogP contribution is -2.11. The van der Waals surface area contributed by atoms with Gasteiger partial charge in [0.05, 0.1) is 0 Å². The van der Waals surface area contributed by atoms with Crippen molar-refractivity contribution in [1.82, 2.24) is 0 Å². The van der Waals surface area contributed by atoms with E-state index in [2.05, 4.69) is 6.08 Å². The molecular weight excluding hydrogens is 268 g/mol. The van der Waals surface area contributed by atoms with Crippen LogP contribution in [0.1, 0.15) is 35.7 Å². The average Bonchev–Trinajstić information content (AvgIpc) is 2.46. The highest BCUT2D eigenvalue weighted by molar-refractivity contribution is 6.12. The zero-order valence-corrected chi connectivity index (χ0v) is 12.2. The molecule has 0 fully saturated rings. The van der Waals surface area contributed by atoms with E-state index in [9.17, 15) is 9.59 Å². The zero-order valence-electron chi connectivity index (χ0n) is 12.2. The maximum Gasteiger partial charge on any atom is 0.341 e. The molecule has 0 unspecified atom stereocenters. The smallest absolute Gasteiger partial charge is 0.341 e. The Labute approximate surface area is 123 Å². The third-order valence-electron chi connectivity index (χ3n) is 3.45. The van der Waals surface area contributed by atoms with Gasteiger partial charge in [0.25, 0.3) is 0 Å². The summed E-state index contributed by atoms with van der Waals surface area (Å²) in [6, 6.07) is 5.06. The van der Waals surface area contributed by atoms with Gasteiger partial charge in [0, 0.05) is 11.1 Å². The maximum absolute atomic E-state index is 12.6. The summed E-state index contributed by atoms with van der Waals surface area (Å²) in [5, 5.41) is 8.64. The summed E-state index contributed by atoms with van der Waals surface area (Å²) in [5.41, 5.74) is 3.11. The van der Waals surface area contributed by atoms with Gasteiger partial charge in [-0.2, -0.15) is 0 Å². The lowest BCUT2D eigenvalue weighted by molar-refractivity contribution is -0.139. The number of carbonyl (C=O) groups excluding carboxylic acids is 1. The van der Waals surface area contributed by atoms with Crippen LogP contribution in [-0.2, 0) is 4.79 Å². The number of hydrogen-bond donors (Lipinski definition) is 1. The van der Waals surface area contributed by atoms with Crippen LogP contribution in [0.5, 0.6) is 5.75 Å². The van der Waals surface area contributed by atoms with Crippen LogP contribution in [0.3, 0.4) is 0 Å². The van der Waals surface area contributed by atoms with E-state index in [0.29, 0.717) is 11.3 Å². The molecule has 0 heterocycles. The molecule has 0 saturated carbocycles. The first-order chi connectivity index (χ1) is 9.99. The van der Waals surface area contributed by atoms with Crippen LogP contribution in [0.25, 0.3) is 0 Å². The van der Waals surface area contributed by atoms with Gasteiger partial charge >= 0.3 is 5.97 Å². The van der Waals surface area contributed by atoms with Gasteiger partial charge in [-0.15, -0.1) is 0 Å². The van der Waals surface area contributed by atoms with Crippen molar-refractivity contribution in [3.63, 3.8) is 0 Å². The fourth-order valence-electron chi connectivity index (χ4n) is 2.30. The Balaban J connectivity index is 2.28. The second-order valence-electron chi connectivity index (χ2n) is 5.07. The number of rotatable bonds is 5.